The van der Waals surface area contributed by atoms with Crippen molar-refractivity contribution in [3.63, 3.8) is 0 Å². The van der Waals surface area contributed by atoms with Gasteiger partial charge in [0.25, 0.3) is 5.91 Å². The Morgan fingerprint density at radius 1 is 1.07 bits per heavy atom. The van der Waals surface area contributed by atoms with Gasteiger partial charge in [-0.2, -0.15) is 0 Å². The lowest BCUT2D eigenvalue weighted by Gasteiger charge is -2.36. The fourth-order valence-corrected chi connectivity index (χ4v) is 4.89. The second kappa shape index (κ2) is 7.51. The van der Waals surface area contributed by atoms with E-state index in [4.69, 9.17) is 16.3 Å². The first kappa shape index (κ1) is 20.0. The predicted octanol–water partition coefficient (Wildman–Crippen LogP) is 5.35. The van der Waals surface area contributed by atoms with Gasteiger partial charge in [-0.15, -0.1) is 0 Å². The SMILES string of the molecule is COC1CCC2(CC1)NC(=O)C(c1c(C)cc(-c3ccc(Cl)cc3)cc1C)=C2O. The van der Waals surface area contributed by atoms with Crippen LogP contribution in [0.3, 0.4) is 0 Å². The van der Waals surface area contributed by atoms with Crippen LogP contribution >= 0.6 is 11.6 Å². The van der Waals surface area contributed by atoms with Gasteiger partial charge in [0.05, 0.1) is 17.2 Å². The average molecular weight is 412 g/mol. The van der Waals surface area contributed by atoms with E-state index in [9.17, 15) is 9.90 Å². The number of rotatable bonds is 3. The largest absolute Gasteiger partial charge is 0.509 e. The number of hydrogen-bond donors (Lipinski definition) is 2. The number of amides is 1. The summed E-state index contributed by atoms with van der Waals surface area (Å²) in [5.74, 6) is -0.00805. The Bertz CT molecular complexity index is 963. The Morgan fingerprint density at radius 2 is 1.66 bits per heavy atom. The van der Waals surface area contributed by atoms with Gasteiger partial charge in [-0.3, -0.25) is 4.79 Å². The predicted molar refractivity (Wildman–Crippen MR) is 116 cm³/mol. The zero-order valence-corrected chi connectivity index (χ0v) is 17.8. The van der Waals surface area contributed by atoms with E-state index in [1.807, 2.05) is 38.1 Å². The van der Waals surface area contributed by atoms with Gasteiger partial charge in [0.1, 0.15) is 5.76 Å². The molecule has 4 nitrogen and oxygen atoms in total. The lowest BCUT2D eigenvalue weighted by molar-refractivity contribution is -0.116. The highest BCUT2D eigenvalue weighted by atomic mass is 35.5. The molecule has 4 rings (SSSR count). The Hall–Kier alpha value is -2.30. The molecule has 1 aliphatic carbocycles. The quantitative estimate of drug-likeness (QED) is 0.715. The van der Waals surface area contributed by atoms with Crippen molar-refractivity contribution < 1.29 is 14.6 Å². The van der Waals surface area contributed by atoms with Crippen molar-refractivity contribution in [3.8, 4) is 11.1 Å². The molecule has 0 bridgehead atoms. The Labute approximate surface area is 176 Å². The van der Waals surface area contributed by atoms with Crippen LogP contribution in [0.1, 0.15) is 42.4 Å². The molecule has 2 aromatic rings. The molecular weight excluding hydrogens is 386 g/mol. The van der Waals surface area contributed by atoms with E-state index < -0.39 is 5.54 Å². The minimum absolute atomic E-state index is 0.183. The van der Waals surface area contributed by atoms with E-state index in [-0.39, 0.29) is 17.8 Å². The number of ether oxygens (including phenoxy) is 1. The molecule has 2 aliphatic rings. The van der Waals surface area contributed by atoms with E-state index in [2.05, 4.69) is 17.4 Å². The molecule has 0 aromatic heterocycles. The normalized spacial score (nSPS) is 24.3. The monoisotopic (exact) mass is 411 g/mol. The molecule has 2 N–H and O–H groups in total. The van der Waals surface area contributed by atoms with Crippen molar-refractivity contribution >= 4 is 23.1 Å². The fraction of sp³-hybridized carbons (Fsp3) is 0.375. The van der Waals surface area contributed by atoms with Crippen molar-refractivity contribution in [2.24, 2.45) is 0 Å². The number of methoxy groups -OCH3 is 1. The maximum absolute atomic E-state index is 12.9. The molecule has 29 heavy (non-hydrogen) atoms. The number of hydrogen-bond acceptors (Lipinski definition) is 3. The average Bonchev–Trinajstić information content (AvgIpc) is 2.93. The molecule has 5 heteroatoms. The highest BCUT2D eigenvalue weighted by Crippen LogP contribution is 2.43. The number of benzene rings is 2. The van der Waals surface area contributed by atoms with Crippen LogP contribution in [0.4, 0.5) is 0 Å². The molecule has 0 saturated heterocycles. The molecule has 1 heterocycles. The van der Waals surface area contributed by atoms with E-state index in [0.29, 0.717) is 23.4 Å². The van der Waals surface area contributed by atoms with Crippen molar-refractivity contribution in [1.29, 1.82) is 0 Å². The third kappa shape index (κ3) is 3.45. The summed E-state index contributed by atoms with van der Waals surface area (Å²) in [7, 11) is 1.71. The van der Waals surface area contributed by atoms with Crippen LogP contribution in [-0.2, 0) is 9.53 Å². The third-order valence-corrected chi connectivity index (χ3v) is 6.60. The summed E-state index contributed by atoms with van der Waals surface area (Å²) in [5, 5.41) is 14.9. The zero-order chi connectivity index (χ0) is 20.8. The lowest BCUT2D eigenvalue weighted by Crippen LogP contribution is -2.48. The molecule has 1 aliphatic heterocycles. The van der Waals surface area contributed by atoms with E-state index in [0.717, 1.165) is 40.7 Å². The van der Waals surface area contributed by atoms with Crippen LogP contribution < -0.4 is 5.32 Å². The van der Waals surface area contributed by atoms with Gasteiger partial charge in [-0.05, 0) is 79.5 Å². The second-order valence-electron chi connectivity index (χ2n) is 8.19. The van der Waals surface area contributed by atoms with Gasteiger partial charge in [0, 0.05) is 12.1 Å². The van der Waals surface area contributed by atoms with Crippen LogP contribution in [0.2, 0.25) is 5.02 Å². The van der Waals surface area contributed by atoms with Crippen LogP contribution in [-0.4, -0.2) is 29.8 Å². The van der Waals surface area contributed by atoms with Gasteiger partial charge in [0.15, 0.2) is 0 Å². The molecule has 0 radical (unpaired) electrons. The summed E-state index contributed by atoms with van der Waals surface area (Å²) >= 11 is 6.01. The van der Waals surface area contributed by atoms with Gasteiger partial charge < -0.3 is 15.2 Å². The van der Waals surface area contributed by atoms with E-state index >= 15 is 0 Å². The summed E-state index contributed by atoms with van der Waals surface area (Å²) in [6.07, 6.45) is 3.21. The molecule has 152 valence electrons. The lowest BCUT2D eigenvalue weighted by atomic mass is 9.79. The summed E-state index contributed by atoms with van der Waals surface area (Å²) in [4.78, 5) is 12.9. The van der Waals surface area contributed by atoms with E-state index in [1.54, 1.807) is 7.11 Å². The maximum atomic E-state index is 12.9. The fourth-order valence-electron chi connectivity index (χ4n) is 4.77. The number of aryl methyl sites for hydroxylation is 2. The minimum Gasteiger partial charge on any atom is -0.509 e. The summed E-state index contributed by atoms with van der Waals surface area (Å²) in [6.45, 7) is 3.98. The van der Waals surface area contributed by atoms with Crippen LogP contribution in [0.15, 0.2) is 42.2 Å². The van der Waals surface area contributed by atoms with Crippen molar-refractivity contribution in [2.75, 3.05) is 7.11 Å². The number of carbonyl (C=O) groups excluding carboxylic acids is 1. The Balaban J connectivity index is 1.74. The number of carbonyl (C=O) groups is 1. The summed E-state index contributed by atoms with van der Waals surface area (Å²) in [5.41, 5.74) is 4.64. The molecule has 2 aromatic carbocycles. The number of aliphatic hydroxyl groups excluding tert-OH is 1. The molecule has 0 atom stereocenters. The molecule has 1 saturated carbocycles. The first-order chi connectivity index (χ1) is 13.8. The highest BCUT2D eigenvalue weighted by molar-refractivity contribution is 6.30. The molecular formula is C24H26ClNO3. The van der Waals surface area contributed by atoms with Crippen LogP contribution in [0, 0.1) is 13.8 Å². The molecule has 1 fully saturated rings. The zero-order valence-electron chi connectivity index (χ0n) is 17.0. The van der Waals surface area contributed by atoms with Crippen LogP contribution in [0.5, 0.6) is 0 Å². The maximum Gasteiger partial charge on any atom is 0.256 e. The first-order valence-corrected chi connectivity index (χ1v) is 10.4. The highest BCUT2D eigenvalue weighted by Gasteiger charge is 2.48. The number of halogens is 1. The molecule has 1 spiro atoms. The van der Waals surface area contributed by atoms with E-state index in [1.165, 1.54) is 0 Å². The molecule has 1 amide bonds. The summed E-state index contributed by atoms with van der Waals surface area (Å²) in [6, 6.07) is 11.8. The van der Waals surface area contributed by atoms with Crippen LogP contribution in [0.25, 0.3) is 16.7 Å². The minimum atomic E-state index is -0.658. The Morgan fingerprint density at radius 3 is 2.21 bits per heavy atom. The number of aliphatic hydroxyl groups is 1. The van der Waals surface area contributed by atoms with Gasteiger partial charge in [-0.1, -0.05) is 35.9 Å². The second-order valence-corrected chi connectivity index (χ2v) is 8.62. The van der Waals surface area contributed by atoms with Crippen molar-refractivity contribution in [2.45, 2.75) is 51.2 Å². The van der Waals surface area contributed by atoms with Crippen molar-refractivity contribution in [3.05, 3.63) is 63.9 Å². The molecule has 0 unspecified atom stereocenters. The van der Waals surface area contributed by atoms with Crippen molar-refractivity contribution in [1.82, 2.24) is 5.32 Å². The van der Waals surface area contributed by atoms with Gasteiger partial charge in [-0.25, -0.2) is 0 Å². The Kier molecular flexibility index (Phi) is 5.18. The first-order valence-electron chi connectivity index (χ1n) is 10.0. The van der Waals surface area contributed by atoms with Gasteiger partial charge in [0.2, 0.25) is 0 Å². The van der Waals surface area contributed by atoms with Gasteiger partial charge >= 0.3 is 0 Å². The number of nitrogens with one attached hydrogen (secondary N) is 1. The topological polar surface area (TPSA) is 58.6 Å². The smallest absolute Gasteiger partial charge is 0.256 e. The third-order valence-electron chi connectivity index (χ3n) is 6.35. The standard InChI is InChI=1S/C24H26ClNO3/c1-14-12-17(16-4-6-18(25)7-5-16)13-15(2)20(14)21-22(27)24(26-23(21)28)10-8-19(29-3)9-11-24/h4-7,12-13,19,27H,8-11H2,1-3H3,(H,26,28). The summed E-state index contributed by atoms with van der Waals surface area (Å²) < 4.78 is 5.45.